The fraction of sp³-hybridized carbons (Fsp3) is 0.474. The lowest BCUT2D eigenvalue weighted by Crippen LogP contribution is -2.49. The van der Waals surface area contributed by atoms with Gasteiger partial charge in [0.2, 0.25) is 11.9 Å². The lowest BCUT2D eigenvalue weighted by atomic mass is 10.2. The second kappa shape index (κ2) is 7.87. The summed E-state index contributed by atoms with van der Waals surface area (Å²) in [5.74, 6) is 2.40. The Bertz CT molecular complexity index is 798. The monoisotopic (exact) mass is 371 g/mol. The van der Waals surface area contributed by atoms with Crippen molar-refractivity contribution >= 4 is 17.5 Å². The van der Waals surface area contributed by atoms with E-state index in [-0.39, 0.29) is 5.91 Å². The van der Waals surface area contributed by atoms with Crippen molar-refractivity contribution < 1.29 is 14.3 Å². The first kappa shape index (κ1) is 17.7. The third-order valence-electron chi connectivity index (χ3n) is 4.88. The van der Waals surface area contributed by atoms with Crippen molar-refractivity contribution in [2.24, 2.45) is 0 Å². The fourth-order valence-electron chi connectivity index (χ4n) is 3.46. The van der Waals surface area contributed by atoms with Gasteiger partial charge in [-0.05, 0) is 19.1 Å². The molecular formula is C19H25N5O3. The molecule has 0 unspecified atom stereocenters. The van der Waals surface area contributed by atoms with Crippen LogP contribution >= 0.6 is 0 Å². The van der Waals surface area contributed by atoms with Crippen molar-refractivity contribution in [1.82, 2.24) is 14.5 Å². The lowest BCUT2D eigenvalue weighted by Gasteiger charge is -2.35. The van der Waals surface area contributed by atoms with E-state index in [1.54, 1.807) is 0 Å². The molecule has 1 saturated heterocycles. The van der Waals surface area contributed by atoms with E-state index in [2.05, 4.69) is 31.6 Å². The summed E-state index contributed by atoms with van der Waals surface area (Å²) in [5, 5.41) is 2.95. The number of hydrogen-bond acceptors (Lipinski definition) is 6. The highest BCUT2D eigenvalue weighted by Crippen LogP contribution is 2.32. The number of carbonyl (C=O) groups excluding carboxylic acids is 1. The molecule has 1 N–H and O–H groups in total. The molecular weight excluding hydrogens is 346 g/mol. The minimum Gasteiger partial charge on any atom is -0.486 e. The van der Waals surface area contributed by atoms with Crippen LogP contribution in [0, 0.1) is 0 Å². The van der Waals surface area contributed by atoms with Gasteiger partial charge < -0.3 is 24.3 Å². The predicted molar refractivity (Wildman–Crippen MR) is 103 cm³/mol. The van der Waals surface area contributed by atoms with E-state index in [4.69, 9.17) is 9.47 Å². The van der Waals surface area contributed by atoms with Crippen LogP contribution in [0.25, 0.3) is 0 Å². The summed E-state index contributed by atoms with van der Waals surface area (Å²) in [6.45, 7) is 7.91. The minimum atomic E-state index is -0.0183. The van der Waals surface area contributed by atoms with Gasteiger partial charge in [-0.15, -0.1) is 0 Å². The summed E-state index contributed by atoms with van der Waals surface area (Å²) in [6, 6.07) is 5.49. The second-order valence-corrected chi connectivity index (χ2v) is 6.68. The van der Waals surface area contributed by atoms with Gasteiger partial charge in [-0.25, -0.2) is 4.98 Å². The molecule has 1 fully saturated rings. The van der Waals surface area contributed by atoms with Crippen LogP contribution in [0.15, 0.2) is 30.6 Å². The molecule has 0 bridgehead atoms. The smallest absolute Gasteiger partial charge is 0.238 e. The van der Waals surface area contributed by atoms with Crippen LogP contribution in [0.4, 0.5) is 11.6 Å². The van der Waals surface area contributed by atoms with Gasteiger partial charge in [-0.1, -0.05) is 0 Å². The maximum atomic E-state index is 12.4. The number of fused-ring (bicyclic) bond motifs is 1. The van der Waals surface area contributed by atoms with E-state index in [1.807, 2.05) is 30.6 Å². The molecule has 2 aliphatic rings. The molecule has 0 aliphatic carbocycles. The largest absolute Gasteiger partial charge is 0.486 e. The molecule has 0 atom stereocenters. The van der Waals surface area contributed by atoms with Gasteiger partial charge in [0, 0.05) is 56.9 Å². The molecule has 3 heterocycles. The van der Waals surface area contributed by atoms with E-state index >= 15 is 0 Å². The van der Waals surface area contributed by atoms with Crippen molar-refractivity contribution in [1.29, 1.82) is 0 Å². The Balaban J connectivity index is 1.28. The molecule has 0 radical (unpaired) electrons. The molecule has 27 heavy (non-hydrogen) atoms. The summed E-state index contributed by atoms with van der Waals surface area (Å²) in [4.78, 5) is 21.3. The quantitative estimate of drug-likeness (QED) is 0.857. The predicted octanol–water partition coefficient (Wildman–Crippen LogP) is 1.43. The van der Waals surface area contributed by atoms with Crippen LogP contribution < -0.4 is 19.7 Å². The summed E-state index contributed by atoms with van der Waals surface area (Å²) in [5.41, 5.74) is 0.729. The van der Waals surface area contributed by atoms with E-state index in [1.165, 1.54) is 0 Å². The zero-order valence-electron chi connectivity index (χ0n) is 15.6. The number of rotatable bonds is 5. The van der Waals surface area contributed by atoms with Gasteiger partial charge in [-0.3, -0.25) is 9.69 Å². The summed E-state index contributed by atoms with van der Waals surface area (Å²) >= 11 is 0. The number of benzene rings is 1. The van der Waals surface area contributed by atoms with Crippen molar-refractivity contribution in [3.05, 3.63) is 30.6 Å². The normalized spacial score (nSPS) is 17.0. The topological polar surface area (TPSA) is 71.9 Å². The second-order valence-electron chi connectivity index (χ2n) is 6.68. The SMILES string of the molecule is CCn1ccnc1N1CCN(CC(=O)Nc2ccc3c(c2)OCCO3)CC1. The zero-order chi connectivity index (χ0) is 18.6. The Morgan fingerprint density at radius 1 is 1.15 bits per heavy atom. The Morgan fingerprint density at radius 3 is 2.70 bits per heavy atom. The Kier molecular flexibility index (Phi) is 5.15. The molecule has 4 rings (SSSR count). The van der Waals surface area contributed by atoms with Crippen LogP contribution in [0.3, 0.4) is 0 Å². The molecule has 8 heteroatoms. The van der Waals surface area contributed by atoms with E-state index < -0.39 is 0 Å². The van der Waals surface area contributed by atoms with Gasteiger partial charge in [0.15, 0.2) is 11.5 Å². The maximum absolute atomic E-state index is 12.4. The number of amides is 1. The van der Waals surface area contributed by atoms with Crippen molar-refractivity contribution in [2.75, 3.05) is 56.2 Å². The highest BCUT2D eigenvalue weighted by molar-refractivity contribution is 5.92. The average Bonchev–Trinajstić information content (AvgIpc) is 3.17. The van der Waals surface area contributed by atoms with E-state index in [9.17, 15) is 4.79 Å². The first-order valence-corrected chi connectivity index (χ1v) is 9.41. The Labute approximate surface area is 158 Å². The van der Waals surface area contributed by atoms with E-state index in [0.717, 1.165) is 50.1 Å². The number of ether oxygens (including phenoxy) is 2. The number of nitrogens with one attached hydrogen (secondary N) is 1. The third kappa shape index (κ3) is 4.00. The summed E-state index contributed by atoms with van der Waals surface area (Å²) in [7, 11) is 0. The third-order valence-corrected chi connectivity index (χ3v) is 4.88. The number of imidazole rings is 1. The van der Waals surface area contributed by atoms with E-state index in [0.29, 0.717) is 25.5 Å². The maximum Gasteiger partial charge on any atom is 0.238 e. The van der Waals surface area contributed by atoms with Crippen LogP contribution in [0.1, 0.15) is 6.92 Å². The van der Waals surface area contributed by atoms with Gasteiger partial charge in [0.05, 0.1) is 6.54 Å². The first-order chi connectivity index (χ1) is 13.2. The molecule has 2 aromatic rings. The van der Waals surface area contributed by atoms with Crippen molar-refractivity contribution in [3.63, 3.8) is 0 Å². The number of carbonyl (C=O) groups is 1. The molecule has 1 aromatic heterocycles. The van der Waals surface area contributed by atoms with Gasteiger partial charge in [0.25, 0.3) is 0 Å². The highest BCUT2D eigenvalue weighted by Gasteiger charge is 2.22. The first-order valence-electron chi connectivity index (χ1n) is 9.41. The molecule has 1 amide bonds. The molecule has 0 spiro atoms. The highest BCUT2D eigenvalue weighted by atomic mass is 16.6. The van der Waals surface area contributed by atoms with Gasteiger partial charge in [0.1, 0.15) is 13.2 Å². The van der Waals surface area contributed by atoms with Crippen molar-refractivity contribution in [3.8, 4) is 11.5 Å². The Hall–Kier alpha value is -2.74. The van der Waals surface area contributed by atoms with Crippen LogP contribution in [0.2, 0.25) is 0 Å². The average molecular weight is 371 g/mol. The molecule has 2 aliphatic heterocycles. The molecule has 8 nitrogen and oxygen atoms in total. The number of hydrogen-bond donors (Lipinski definition) is 1. The van der Waals surface area contributed by atoms with Crippen LogP contribution in [-0.2, 0) is 11.3 Å². The van der Waals surface area contributed by atoms with Crippen molar-refractivity contribution in [2.45, 2.75) is 13.5 Å². The van der Waals surface area contributed by atoms with Crippen LogP contribution in [0.5, 0.6) is 11.5 Å². The number of piperazine rings is 1. The standard InChI is InChI=1S/C19H25N5O3/c1-2-23-6-5-20-19(23)24-9-7-22(8-10-24)14-18(25)21-15-3-4-16-17(13-15)27-12-11-26-16/h3-6,13H,2,7-12,14H2,1H3,(H,21,25). The minimum absolute atomic E-state index is 0.0183. The van der Waals surface area contributed by atoms with Gasteiger partial charge >= 0.3 is 0 Å². The number of anilines is 2. The van der Waals surface area contributed by atoms with Gasteiger partial charge in [-0.2, -0.15) is 0 Å². The molecule has 1 aromatic carbocycles. The molecule has 0 saturated carbocycles. The fourth-order valence-corrected chi connectivity index (χ4v) is 3.46. The van der Waals surface area contributed by atoms with Crippen LogP contribution in [-0.4, -0.2) is 66.3 Å². The number of aromatic nitrogens is 2. The zero-order valence-corrected chi connectivity index (χ0v) is 15.6. The Morgan fingerprint density at radius 2 is 1.93 bits per heavy atom. The number of aryl methyl sites for hydroxylation is 1. The summed E-state index contributed by atoms with van der Waals surface area (Å²) in [6.07, 6.45) is 3.84. The summed E-state index contributed by atoms with van der Waals surface area (Å²) < 4.78 is 13.2. The molecule has 144 valence electrons. The lowest BCUT2D eigenvalue weighted by molar-refractivity contribution is -0.117. The number of nitrogens with zero attached hydrogens (tertiary/aromatic N) is 4.